The minimum Gasteiger partial charge on any atom is -0.394 e. The molecule has 3 heterocycles. The number of aliphatic hydroxyl groups excluding tert-OH is 4. The van der Waals surface area contributed by atoms with Gasteiger partial charge in [-0.05, 0) is 0 Å². The third kappa shape index (κ3) is 3.17. The van der Waals surface area contributed by atoms with Crippen molar-refractivity contribution in [3.05, 3.63) is 16.7 Å². The lowest BCUT2D eigenvalue weighted by atomic mass is 10.1. The van der Waals surface area contributed by atoms with Gasteiger partial charge in [-0.15, -0.1) is 0 Å². The number of nitrogens with one attached hydrogen (secondary N) is 2. The number of hydrogen-bond acceptors (Lipinski definition) is 9. The average Bonchev–Trinajstić information content (AvgIpc) is 3.00. The zero-order chi connectivity index (χ0) is 15.6. The highest BCUT2D eigenvalue weighted by Gasteiger charge is 2.41. The Bertz CT molecular complexity index is 657. The maximum absolute atomic E-state index is 11.0. The number of fused-ring (bicyclic) bond motifs is 1. The van der Waals surface area contributed by atoms with Crippen LogP contribution in [0.2, 0.25) is 0 Å². The van der Waals surface area contributed by atoms with E-state index in [9.17, 15) is 4.79 Å². The quantitative estimate of drug-likeness (QED) is 0.282. The number of ether oxygens (including phenoxy) is 1. The molecule has 11 heteroatoms. The third-order valence-corrected chi connectivity index (χ3v) is 2.83. The van der Waals surface area contributed by atoms with Crippen LogP contribution in [-0.4, -0.2) is 71.6 Å². The van der Waals surface area contributed by atoms with E-state index in [-0.39, 0.29) is 11.5 Å². The molecule has 0 spiro atoms. The van der Waals surface area contributed by atoms with Crippen LogP contribution in [0.4, 0.5) is 5.95 Å². The van der Waals surface area contributed by atoms with E-state index >= 15 is 0 Å². The highest BCUT2D eigenvalue weighted by Crippen LogP contribution is 2.18. The van der Waals surface area contributed by atoms with Crippen molar-refractivity contribution in [1.82, 2.24) is 19.9 Å². The largest absolute Gasteiger partial charge is 0.394 e. The molecular weight excluding hydrogens is 286 g/mol. The summed E-state index contributed by atoms with van der Waals surface area (Å²) < 4.78 is 4.54. The molecule has 1 aliphatic heterocycles. The number of anilines is 1. The van der Waals surface area contributed by atoms with Gasteiger partial charge in [0.05, 0.1) is 12.9 Å². The van der Waals surface area contributed by atoms with Gasteiger partial charge in [-0.25, -0.2) is 4.98 Å². The van der Waals surface area contributed by atoms with E-state index < -0.39 is 31.2 Å². The van der Waals surface area contributed by atoms with Gasteiger partial charge in [0.15, 0.2) is 17.5 Å². The Balaban J connectivity index is 0.000000155. The number of rotatable bonds is 1. The summed E-state index contributed by atoms with van der Waals surface area (Å²) in [7, 11) is 0. The van der Waals surface area contributed by atoms with E-state index in [2.05, 4.69) is 24.7 Å². The molecule has 0 bridgehead atoms. The maximum atomic E-state index is 11.0. The zero-order valence-corrected chi connectivity index (χ0v) is 10.7. The van der Waals surface area contributed by atoms with Gasteiger partial charge in [0.25, 0.3) is 5.56 Å². The van der Waals surface area contributed by atoms with Crippen LogP contribution >= 0.6 is 0 Å². The Kier molecular flexibility index (Phi) is 4.50. The van der Waals surface area contributed by atoms with Crippen molar-refractivity contribution in [2.45, 2.75) is 24.6 Å². The zero-order valence-electron chi connectivity index (χ0n) is 10.7. The van der Waals surface area contributed by atoms with Gasteiger partial charge in [-0.2, -0.15) is 4.98 Å². The molecule has 21 heavy (non-hydrogen) atoms. The second-order valence-corrected chi connectivity index (χ2v) is 4.28. The summed E-state index contributed by atoms with van der Waals surface area (Å²) >= 11 is 0. The van der Waals surface area contributed by atoms with Crippen molar-refractivity contribution in [2.75, 3.05) is 12.3 Å². The number of aliphatic hydroxyl groups is 4. The second kappa shape index (κ2) is 6.15. The monoisotopic (exact) mass is 301 g/mol. The molecule has 0 aliphatic carbocycles. The summed E-state index contributed by atoms with van der Waals surface area (Å²) in [6, 6.07) is 0. The third-order valence-electron chi connectivity index (χ3n) is 2.83. The number of hydrogen-bond donors (Lipinski definition) is 7. The molecule has 4 atom stereocenters. The first-order valence-electron chi connectivity index (χ1n) is 5.93. The van der Waals surface area contributed by atoms with Gasteiger partial charge in [-0.3, -0.25) is 9.78 Å². The van der Waals surface area contributed by atoms with Gasteiger partial charge in [0.1, 0.15) is 18.3 Å². The van der Waals surface area contributed by atoms with Crippen LogP contribution in [-0.2, 0) is 4.74 Å². The predicted octanol–water partition coefficient (Wildman–Crippen LogP) is -3.35. The van der Waals surface area contributed by atoms with E-state index in [0.717, 1.165) is 0 Å². The SMILES string of the molecule is Nc1nc2nc[nH]c2c(=O)[nH]1.OC[C@H]1OC(O)[C@H](O)[C@@H]1O. The molecule has 1 fully saturated rings. The Morgan fingerprint density at radius 3 is 2.57 bits per heavy atom. The van der Waals surface area contributed by atoms with Crippen molar-refractivity contribution < 1.29 is 25.2 Å². The normalized spacial score (nSPS) is 28.4. The number of nitrogen functional groups attached to an aromatic ring is 1. The number of imidazole rings is 1. The van der Waals surface area contributed by atoms with E-state index in [0.29, 0.717) is 11.2 Å². The highest BCUT2D eigenvalue weighted by atomic mass is 16.6. The first-order valence-corrected chi connectivity index (χ1v) is 5.93. The first kappa shape index (κ1) is 15.3. The van der Waals surface area contributed by atoms with E-state index in [1.54, 1.807) is 0 Å². The number of nitrogens with zero attached hydrogens (tertiary/aromatic N) is 2. The smallest absolute Gasteiger partial charge is 0.278 e. The van der Waals surface area contributed by atoms with E-state index in [1.165, 1.54) is 6.33 Å². The van der Waals surface area contributed by atoms with Crippen molar-refractivity contribution in [3.63, 3.8) is 0 Å². The Morgan fingerprint density at radius 2 is 2.05 bits per heavy atom. The van der Waals surface area contributed by atoms with Crippen LogP contribution < -0.4 is 11.3 Å². The summed E-state index contributed by atoms with van der Waals surface area (Å²) in [6.45, 7) is -0.407. The Labute approximate surface area is 117 Å². The Morgan fingerprint density at radius 1 is 1.33 bits per heavy atom. The molecule has 8 N–H and O–H groups in total. The number of H-pyrrole nitrogens is 2. The van der Waals surface area contributed by atoms with Crippen molar-refractivity contribution in [1.29, 1.82) is 0 Å². The fraction of sp³-hybridized carbons (Fsp3) is 0.500. The molecule has 1 aliphatic rings. The van der Waals surface area contributed by atoms with Crippen LogP contribution in [0.3, 0.4) is 0 Å². The van der Waals surface area contributed by atoms with Crippen molar-refractivity contribution in [3.8, 4) is 0 Å². The number of aromatic nitrogens is 4. The van der Waals surface area contributed by atoms with E-state index in [1.807, 2.05) is 0 Å². The van der Waals surface area contributed by atoms with Gasteiger partial charge < -0.3 is 35.9 Å². The first-order chi connectivity index (χ1) is 9.93. The average molecular weight is 301 g/mol. The second-order valence-electron chi connectivity index (χ2n) is 4.28. The van der Waals surface area contributed by atoms with Gasteiger partial charge >= 0.3 is 0 Å². The van der Waals surface area contributed by atoms with Crippen LogP contribution in [0.1, 0.15) is 0 Å². The highest BCUT2D eigenvalue weighted by molar-refractivity contribution is 5.69. The van der Waals surface area contributed by atoms with Crippen molar-refractivity contribution >= 4 is 17.1 Å². The molecule has 0 saturated carbocycles. The molecule has 2 aromatic rings. The molecule has 0 amide bonds. The molecule has 0 aromatic carbocycles. The van der Waals surface area contributed by atoms with Crippen LogP contribution in [0.15, 0.2) is 11.1 Å². The van der Waals surface area contributed by atoms with E-state index in [4.69, 9.17) is 26.2 Å². The summed E-state index contributed by atoms with van der Waals surface area (Å²) in [5.74, 6) is 0.0783. The molecule has 116 valence electrons. The van der Waals surface area contributed by atoms with Crippen LogP contribution in [0.25, 0.3) is 11.2 Å². The van der Waals surface area contributed by atoms with Crippen LogP contribution in [0.5, 0.6) is 0 Å². The summed E-state index contributed by atoms with van der Waals surface area (Å²) in [5.41, 5.74) is 5.65. The molecular formula is C10H15N5O6. The predicted molar refractivity (Wildman–Crippen MR) is 68.9 cm³/mol. The molecule has 0 radical (unpaired) electrons. The van der Waals surface area contributed by atoms with Crippen LogP contribution in [0, 0.1) is 0 Å². The molecule has 11 nitrogen and oxygen atoms in total. The number of aromatic amines is 2. The van der Waals surface area contributed by atoms with Gasteiger partial charge in [-0.1, -0.05) is 0 Å². The fourth-order valence-electron chi connectivity index (χ4n) is 1.74. The summed E-state index contributed by atoms with van der Waals surface area (Å²) in [4.78, 5) is 23.5. The number of nitrogens with two attached hydrogens (primary N) is 1. The molecule has 1 unspecified atom stereocenters. The minimum absolute atomic E-state index is 0.0783. The molecule has 1 saturated heterocycles. The maximum Gasteiger partial charge on any atom is 0.278 e. The summed E-state index contributed by atoms with van der Waals surface area (Å²) in [6.07, 6.45) is -3.36. The lowest BCUT2D eigenvalue weighted by Crippen LogP contribution is -2.33. The topological polar surface area (TPSA) is 191 Å². The lowest BCUT2D eigenvalue weighted by molar-refractivity contribution is -0.132. The van der Waals surface area contributed by atoms with Crippen molar-refractivity contribution in [2.24, 2.45) is 0 Å². The van der Waals surface area contributed by atoms with Gasteiger partial charge in [0, 0.05) is 0 Å². The minimum atomic E-state index is -1.38. The molecule has 2 aromatic heterocycles. The Hall–Kier alpha value is -2.05. The summed E-state index contributed by atoms with van der Waals surface area (Å²) in [5, 5.41) is 35.0. The molecule has 3 rings (SSSR count). The van der Waals surface area contributed by atoms with Gasteiger partial charge in [0.2, 0.25) is 5.95 Å². The fourth-order valence-corrected chi connectivity index (χ4v) is 1.74. The standard InChI is InChI=1S/C5H5N5O.C5H10O5/c6-5-9-3-2(4(11)10-5)7-1-8-3;6-1-2-3(7)4(8)5(9)10-2/h1H,(H4,6,7,8,9,10,11);2-9H,1H2/t;2-,3-,4-,5?/m.1/s1. The lowest BCUT2D eigenvalue weighted by Gasteiger charge is -2.09.